The van der Waals surface area contributed by atoms with Crippen molar-refractivity contribution in [2.45, 2.75) is 12.5 Å². The number of carbonyl (C=O) groups excluding carboxylic acids is 2. The van der Waals surface area contributed by atoms with E-state index in [2.05, 4.69) is 5.32 Å². The van der Waals surface area contributed by atoms with Gasteiger partial charge in [-0.1, -0.05) is 0 Å². The molecule has 0 aliphatic carbocycles. The number of thioether (sulfide) groups is 1. The van der Waals surface area contributed by atoms with Crippen molar-refractivity contribution in [1.82, 2.24) is 10.2 Å². The van der Waals surface area contributed by atoms with Gasteiger partial charge in [-0.3, -0.25) is 9.59 Å². The summed E-state index contributed by atoms with van der Waals surface area (Å²) in [7, 11) is 1.79. The molecule has 1 unspecified atom stereocenters. The topological polar surface area (TPSA) is 75.4 Å². The van der Waals surface area contributed by atoms with Gasteiger partial charge >= 0.3 is 0 Å². The molecule has 16 heavy (non-hydrogen) atoms. The van der Waals surface area contributed by atoms with Gasteiger partial charge in [-0.25, -0.2) is 0 Å². The van der Waals surface area contributed by atoms with Crippen molar-refractivity contribution < 1.29 is 9.59 Å². The molecule has 1 heterocycles. The summed E-state index contributed by atoms with van der Waals surface area (Å²) in [6.45, 7) is -0.0238. The summed E-state index contributed by atoms with van der Waals surface area (Å²) in [5.74, 6) is 1.76. The summed E-state index contributed by atoms with van der Waals surface area (Å²) >= 11 is 1.86. The molecule has 7 heteroatoms. The normalized spacial score (nSPS) is 18.8. The van der Waals surface area contributed by atoms with Gasteiger partial charge in [0.2, 0.25) is 11.8 Å². The summed E-state index contributed by atoms with van der Waals surface area (Å²) in [6, 6.07) is 0.317. The van der Waals surface area contributed by atoms with E-state index in [0.29, 0.717) is 6.04 Å². The molecule has 1 aliphatic rings. The maximum Gasteiger partial charge on any atom is 0.241 e. The fraction of sp³-hybridized carbons (Fsp3) is 0.778. The van der Waals surface area contributed by atoms with Crippen LogP contribution in [0.1, 0.15) is 6.42 Å². The molecule has 0 bridgehead atoms. The van der Waals surface area contributed by atoms with E-state index < -0.39 is 0 Å². The molecule has 94 valence electrons. The highest BCUT2D eigenvalue weighted by atomic mass is 35.5. The van der Waals surface area contributed by atoms with Gasteiger partial charge in [-0.05, 0) is 12.2 Å². The van der Waals surface area contributed by atoms with Crippen LogP contribution >= 0.6 is 24.2 Å². The maximum absolute atomic E-state index is 11.6. The number of rotatable bonds is 4. The highest BCUT2D eigenvalue weighted by Crippen LogP contribution is 2.21. The van der Waals surface area contributed by atoms with Gasteiger partial charge in [-0.15, -0.1) is 12.4 Å². The number of hydrogen-bond acceptors (Lipinski definition) is 4. The minimum absolute atomic E-state index is 0. The number of nitrogens with two attached hydrogens (primary N) is 1. The minimum atomic E-state index is -0.294. The van der Waals surface area contributed by atoms with E-state index in [0.717, 1.165) is 17.9 Å². The first-order valence-electron chi connectivity index (χ1n) is 4.95. The second-order valence-electron chi connectivity index (χ2n) is 3.50. The number of halogens is 1. The van der Waals surface area contributed by atoms with Crippen molar-refractivity contribution in [3.05, 3.63) is 0 Å². The zero-order valence-electron chi connectivity index (χ0n) is 9.27. The van der Waals surface area contributed by atoms with E-state index in [-0.39, 0.29) is 37.3 Å². The summed E-state index contributed by atoms with van der Waals surface area (Å²) in [6.07, 6.45) is 1.04. The molecular formula is C9H18ClN3O2S. The zero-order valence-corrected chi connectivity index (χ0v) is 10.9. The predicted octanol–water partition coefficient (Wildman–Crippen LogP) is -0.553. The van der Waals surface area contributed by atoms with Crippen LogP contribution in [0.25, 0.3) is 0 Å². The monoisotopic (exact) mass is 267 g/mol. The molecule has 0 spiro atoms. The molecule has 5 nitrogen and oxygen atoms in total. The lowest BCUT2D eigenvalue weighted by Gasteiger charge is -2.23. The third kappa shape index (κ3) is 4.59. The van der Waals surface area contributed by atoms with Crippen molar-refractivity contribution in [3.63, 3.8) is 0 Å². The molecule has 1 fully saturated rings. The van der Waals surface area contributed by atoms with Crippen LogP contribution in [-0.4, -0.2) is 54.4 Å². The summed E-state index contributed by atoms with van der Waals surface area (Å²) in [5.41, 5.74) is 5.12. The minimum Gasteiger partial charge on any atom is -0.346 e. The summed E-state index contributed by atoms with van der Waals surface area (Å²) in [5, 5.41) is 2.47. The summed E-state index contributed by atoms with van der Waals surface area (Å²) < 4.78 is 0. The Morgan fingerprint density at radius 1 is 1.56 bits per heavy atom. The Kier molecular flexibility index (Phi) is 7.53. The summed E-state index contributed by atoms with van der Waals surface area (Å²) in [4.78, 5) is 24.2. The first kappa shape index (κ1) is 15.5. The SMILES string of the molecule is CN(C(=O)CNC(=O)CN)C1CCSC1.Cl. The van der Waals surface area contributed by atoms with Crippen LogP contribution in [0, 0.1) is 0 Å². The number of amides is 2. The van der Waals surface area contributed by atoms with Gasteiger partial charge in [0.05, 0.1) is 13.1 Å². The molecule has 1 atom stereocenters. The Labute approximate surface area is 106 Å². The first-order valence-corrected chi connectivity index (χ1v) is 6.10. The molecule has 1 saturated heterocycles. The Bertz CT molecular complexity index is 247. The van der Waals surface area contributed by atoms with Gasteiger partial charge in [-0.2, -0.15) is 11.8 Å². The van der Waals surface area contributed by atoms with Gasteiger partial charge in [0.25, 0.3) is 0 Å². The Morgan fingerprint density at radius 3 is 2.75 bits per heavy atom. The van der Waals surface area contributed by atoms with Crippen LogP contribution in [0.15, 0.2) is 0 Å². The number of nitrogens with one attached hydrogen (secondary N) is 1. The van der Waals surface area contributed by atoms with Crippen LogP contribution in [-0.2, 0) is 9.59 Å². The van der Waals surface area contributed by atoms with Crippen molar-refractivity contribution in [3.8, 4) is 0 Å². The Hall–Kier alpha value is -0.460. The van der Waals surface area contributed by atoms with Gasteiger partial charge in [0.1, 0.15) is 0 Å². The smallest absolute Gasteiger partial charge is 0.241 e. The van der Waals surface area contributed by atoms with Crippen molar-refractivity contribution in [2.75, 3.05) is 31.6 Å². The Balaban J connectivity index is 0.00000225. The second kappa shape index (κ2) is 7.76. The largest absolute Gasteiger partial charge is 0.346 e. The highest BCUT2D eigenvalue weighted by molar-refractivity contribution is 7.99. The van der Waals surface area contributed by atoms with Crippen molar-refractivity contribution in [2.24, 2.45) is 5.73 Å². The number of carbonyl (C=O) groups is 2. The fourth-order valence-electron chi connectivity index (χ4n) is 1.40. The first-order chi connectivity index (χ1) is 7.15. The molecule has 1 aliphatic heterocycles. The molecule has 0 aromatic rings. The number of likely N-dealkylation sites (N-methyl/N-ethyl adjacent to an activating group) is 1. The lowest BCUT2D eigenvalue weighted by Crippen LogP contribution is -2.44. The lowest BCUT2D eigenvalue weighted by molar-refractivity contribution is -0.132. The standard InChI is InChI=1S/C9H17N3O2S.ClH/c1-12(7-2-3-15-6-7)9(14)5-11-8(13)4-10;/h7H,2-6,10H2,1H3,(H,11,13);1H. The third-order valence-corrected chi connectivity index (χ3v) is 3.61. The van der Waals surface area contributed by atoms with Gasteiger partial charge in [0.15, 0.2) is 0 Å². The van der Waals surface area contributed by atoms with E-state index in [9.17, 15) is 9.59 Å². The Morgan fingerprint density at radius 2 is 2.25 bits per heavy atom. The highest BCUT2D eigenvalue weighted by Gasteiger charge is 2.23. The molecular weight excluding hydrogens is 250 g/mol. The molecule has 0 saturated carbocycles. The average molecular weight is 268 g/mol. The van der Waals surface area contributed by atoms with Crippen LogP contribution < -0.4 is 11.1 Å². The van der Waals surface area contributed by atoms with Crippen molar-refractivity contribution >= 4 is 36.0 Å². The van der Waals surface area contributed by atoms with Gasteiger partial charge in [0, 0.05) is 18.8 Å². The van der Waals surface area contributed by atoms with Crippen LogP contribution in [0.5, 0.6) is 0 Å². The number of nitrogens with zero attached hydrogens (tertiary/aromatic N) is 1. The third-order valence-electron chi connectivity index (χ3n) is 2.47. The molecule has 0 aromatic heterocycles. The van der Waals surface area contributed by atoms with Crippen LogP contribution in [0.3, 0.4) is 0 Å². The molecule has 0 radical (unpaired) electrons. The molecule has 1 rings (SSSR count). The van der Waals surface area contributed by atoms with E-state index in [1.165, 1.54) is 0 Å². The lowest BCUT2D eigenvalue weighted by atomic mass is 10.2. The fourth-order valence-corrected chi connectivity index (χ4v) is 2.67. The van der Waals surface area contributed by atoms with Gasteiger partial charge < -0.3 is 16.0 Å². The quantitative estimate of drug-likeness (QED) is 0.717. The van der Waals surface area contributed by atoms with Crippen LogP contribution in [0.4, 0.5) is 0 Å². The second-order valence-corrected chi connectivity index (χ2v) is 4.65. The molecule has 2 amide bonds. The predicted molar refractivity (Wildman–Crippen MR) is 67.8 cm³/mol. The van der Waals surface area contributed by atoms with E-state index >= 15 is 0 Å². The van der Waals surface area contributed by atoms with E-state index in [4.69, 9.17) is 5.73 Å². The van der Waals surface area contributed by atoms with E-state index in [1.807, 2.05) is 11.8 Å². The molecule has 0 aromatic carbocycles. The van der Waals surface area contributed by atoms with Crippen LogP contribution in [0.2, 0.25) is 0 Å². The zero-order chi connectivity index (χ0) is 11.3. The maximum atomic E-state index is 11.6. The van der Waals surface area contributed by atoms with Crippen molar-refractivity contribution in [1.29, 1.82) is 0 Å². The average Bonchev–Trinajstić information content (AvgIpc) is 2.77. The number of hydrogen-bond donors (Lipinski definition) is 2. The molecule has 3 N–H and O–H groups in total. The van der Waals surface area contributed by atoms with E-state index in [1.54, 1.807) is 11.9 Å².